The number of amidine groups is 1. The first kappa shape index (κ1) is 20.2. The molecule has 0 unspecified atom stereocenters. The van der Waals surface area contributed by atoms with Gasteiger partial charge < -0.3 is 5.32 Å². The highest BCUT2D eigenvalue weighted by atomic mass is 16.2. The van der Waals surface area contributed by atoms with Crippen LogP contribution in [0.4, 0.5) is 10.5 Å². The number of hydrogen-bond donors (Lipinski definition) is 3. The molecule has 0 aliphatic carbocycles. The van der Waals surface area contributed by atoms with Crippen molar-refractivity contribution in [1.29, 1.82) is 5.41 Å². The maximum absolute atomic E-state index is 11.9. The van der Waals surface area contributed by atoms with Crippen molar-refractivity contribution >= 4 is 17.6 Å². The Balaban J connectivity index is 2.27. The van der Waals surface area contributed by atoms with E-state index in [-0.39, 0.29) is 11.9 Å². The normalized spacial score (nSPS) is 10.4. The number of nitrogens with one attached hydrogen (secondary N) is 3. The number of aryl methyl sites for hydroxylation is 1. The Morgan fingerprint density at radius 3 is 2.17 bits per heavy atom. The Kier molecular flexibility index (Phi) is 10.6. The molecular formula is C20H33N3O. The Labute approximate surface area is 146 Å². The van der Waals surface area contributed by atoms with E-state index in [9.17, 15) is 4.79 Å². The lowest BCUT2D eigenvalue weighted by Gasteiger charge is -2.09. The summed E-state index contributed by atoms with van der Waals surface area (Å²) in [6.45, 7) is 4.38. The van der Waals surface area contributed by atoms with Gasteiger partial charge in [-0.2, -0.15) is 0 Å². The summed E-state index contributed by atoms with van der Waals surface area (Å²) in [5.41, 5.74) is 2.07. The molecule has 0 atom stereocenters. The minimum atomic E-state index is -0.328. The number of hydrogen-bond acceptors (Lipinski definition) is 2. The zero-order valence-electron chi connectivity index (χ0n) is 15.3. The zero-order valence-corrected chi connectivity index (χ0v) is 15.3. The summed E-state index contributed by atoms with van der Waals surface area (Å²) in [5, 5.41) is 13.2. The molecule has 0 aromatic heterocycles. The SMILES string of the molecule is CCCCCCC(=N)NC(=O)Nc1ccc(CCCCCC)cc1. The van der Waals surface area contributed by atoms with Crippen LogP contribution >= 0.6 is 0 Å². The Bertz CT molecular complexity index is 482. The number of unbranched alkanes of at least 4 members (excludes halogenated alkanes) is 6. The average molecular weight is 332 g/mol. The first-order valence-electron chi connectivity index (χ1n) is 9.40. The van der Waals surface area contributed by atoms with Crippen LogP contribution in [-0.4, -0.2) is 11.9 Å². The first-order valence-corrected chi connectivity index (χ1v) is 9.40. The van der Waals surface area contributed by atoms with Crippen LogP contribution in [0.25, 0.3) is 0 Å². The van der Waals surface area contributed by atoms with Crippen LogP contribution in [0.1, 0.15) is 77.2 Å². The van der Waals surface area contributed by atoms with E-state index in [1.165, 1.54) is 44.1 Å². The first-order chi connectivity index (χ1) is 11.7. The van der Waals surface area contributed by atoms with Crippen LogP contribution in [0.15, 0.2) is 24.3 Å². The van der Waals surface area contributed by atoms with Crippen molar-refractivity contribution < 1.29 is 4.79 Å². The number of anilines is 1. The van der Waals surface area contributed by atoms with Crippen molar-refractivity contribution in [3.05, 3.63) is 29.8 Å². The van der Waals surface area contributed by atoms with Gasteiger partial charge in [-0.25, -0.2) is 4.79 Å². The van der Waals surface area contributed by atoms with Gasteiger partial charge in [0.2, 0.25) is 0 Å². The van der Waals surface area contributed by atoms with Gasteiger partial charge in [0.15, 0.2) is 0 Å². The van der Waals surface area contributed by atoms with Gasteiger partial charge in [-0.05, 0) is 37.0 Å². The van der Waals surface area contributed by atoms with Crippen LogP contribution in [0.5, 0.6) is 0 Å². The second-order valence-corrected chi connectivity index (χ2v) is 6.38. The van der Waals surface area contributed by atoms with E-state index in [0.717, 1.165) is 24.9 Å². The van der Waals surface area contributed by atoms with Gasteiger partial charge in [0, 0.05) is 12.1 Å². The van der Waals surface area contributed by atoms with Gasteiger partial charge in [-0.1, -0.05) is 64.5 Å². The molecule has 0 saturated carbocycles. The van der Waals surface area contributed by atoms with Crippen molar-refractivity contribution in [2.75, 3.05) is 5.32 Å². The topological polar surface area (TPSA) is 65.0 Å². The van der Waals surface area contributed by atoms with E-state index in [0.29, 0.717) is 6.42 Å². The van der Waals surface area contributed by atoms with Crippen molar-refractivity contribution in [3.8, 4) is 0 Å². The fourth-order valence-electron chi connectivity index (χ4n) is 2.60. The molecule has 0 aliphatic heterocycles. The lowest BCUT2D eigenvalue weighted by atomic mass is 10.1. The molecule has 0 bridgehead atoms. The summed E-state index contributed by atoms with van der Waals surface area (Å²) in [7, 11) is 0. The van der Waals surface area contributed by atoms with Crippen molar-refractivity contribution in [1.82, 2.24) is 5.32 Å². The highest BCUT2D eigenvalue weighted by Crippen LogP contribution is 2.12. The van der Waals surface area contributed by atoms with Gasteiger partial charge >= 0.3 is 6.03 Å². The van der Waals surface area contributed by atoms with E-state index in [1.54, 1.807) is 0 Å². The lowest BCUT2D eigenvalue weighted by molar-refractivity contribution is 0.256. The molecule has 3 N–H and O–H groups in total. The second kappa shape index (κ2) is 12.6. The molecule has 134 valence electrons. The monoisotopic (exact) mass is 331 g/mol. The molecule has 0 fully saturated rings. The minimum Gasteiger partial charge on any atom is -0.308 e. The highest BCUT2D eigenvalue weighted by Gasteiger charge is 2.05. The van der Waals surface area contributed by atoms with E-state index in [2.05, 4.69) is 36.6 Å². The molecule has 24 heavy (non-hydrogen) atoms. The van der Waals surface area contributed by atoms with Crippen LogP contribution < -0.4 is 10.6 Å². The van der Waals surface area contributed by atoms with E-state index in [4.69, 9.17) is 5.41 Å². The number of amides is 2. The summed E-state index contributed by atoms with van der Waals surface area (Å²) in [6, 6.07) is 7.67. The Morgan fingerprint density at radius 1 is 0.917 bits per heavy atom. The van der Waals surface area contributed by atoms with Crippen LogP contribution in [0.2, 0.25) is 0 Å². The van der Waals surface area contributed by atoms with E-state index in [1.807, 2.05) is 12.1 Å². The molecule has 0 aliphatic rings. The van der Waals surface area contributed by atoms with Gasteiger partial charge in [0.05, 0.1) is 0 Å². The largest absolute Gasteiger partial charge is 0.324 e. The number of rotatable bonds is 11. The molecule has 0 radical (unpaired) electrons. The van der Waals surface area contributed by atoms with Gasteiger partial charge in [-0.3, -0.25) is 10.7 Å². The van der Waals surface area contributed by atoms with Crippen molar-refractivity contribution in [3.63, 3.8) is 0 Å². The minimum absolute atomic E-state index is 0.288. The third kappa shape index (κ3) is 9.33. The standard InChI is InChI=1S/C20H33N3O/c1-3-5-7-9-11-17-13-15-18(16-14-17)22-20(24)23-19(21)12-10-8-6-4-2/h13-16H,3-12H2,1-2H3,(H3,21,22,23,24). The summed E-state index contributed by atoms with van der Waals surface area (Å²) in [5.74, 6) is 0.288. The molecule has 1 aromatic carbocycles. The maximum atomic E-state index is 11.9. The fourth-order valence-corrected chi connectivity index (χ4v) is 2.60. The maximum Gasteiger partial charge on any atom is 0.324 e. The smallest absolute Gasteiger partial charge is 0.308 e. The molecule has 0 spiro atoms. The molecule has 4 nitrogen and oxygen atoms in total. The number of carbonyl (C=O) groups excluding carboxylic acids is 1. The molecule has 0 saturated heterocycles. The predicted octanol–water partition coefficient (Wildman–Crippen LogP) is 5.88. The zero-order chi connectivity index (χ0) is 17.6. The van der Waals surface area contributed by atoms with Gasteiger partial charge in [0.1, 0.15) is 5.84 Å². The summed E-state index contributed by atoms with van der Waals surface area (Å²) in [4.78, 5) is 11.9. The molecular weight excluding hydrogens is 298 g/mol. The third-order valence-corrected chi connectivity index (χ3v) is 4.08. The summed E-state index contributed by atoms with van der Waals surface area (Å²) >= 11 is 0. The van der Waals surface area contributed by atoms with Crippen molar-refractivity contribution in [2.24, 2.45) is 0 Å². The molecule has 1 aromatic rings. The van der Waals surface area contributed by atoms with Crippen LogP contribution in [0, 0.1) is 5.41 Å². The van der Waals surface area contributed by atoms with E-state index < -0.39 is 0 Å². The lowest BCUT2D eigenvalue weighted by Crippen LogP contribution is -2.33. The van der Waals surface area contributed by atoms with E-state index >= 15 is 0 Å². The highest BCUT2D eigenvalue weighted by molar-refractivity contribution is 6.02. The molecule has 0 heterocycles. The quantitative estimate of drug-likeness (QED) is 0.265. The molecule has 4 heteroatoms. The van der Waals surface area contributed by atoms with Crippen LogP contribution in [-0.2, 0) is 6.42 Å². The number of benzene rings is 1. The van der Waals surface area contributed by atoms with Gasteiger partial charge in [-0.15, -0.1) is 0 Å². The summed E-state index contributed by atoms with van der Waals surface area (Å²) in [6.07, 6.45) is 11.2. The Hall–Kier alpha value is -1.84. The average Bonchev–Trinajstić information content (AvgIpc) is 2.57. The van der Waals surface area contributed by atoms with Crippen molar-refractivity contribution in [2.45, 2.75) is 78.1 Å². The number of carbonyl (C=O) groups is 1. The van der Waals surface area contributed by atoms with Gasteiger partial charge in [0.25, 0.3) is 0 Å². The molecule has 1 rings (SSSR count). The second-order valence-electron chi connectivity index (χ2n) is 6.38. The third-order valence-electron chi connectivity index (χ3n) is 4.08. The fraction of sp³-hybridized carbons (Fsp3) is 0.600. The predicted molar refractivity (Wildman–Crippen MR) is 103 cm³/mol. The number of urea groups is 1. The van der Waals surface area contributed by atoms with Crippen LogP contribution in [0.3, 0.4) is 0 Å². The summed E-state index contributed by atoms with van der Waals surface area (Å²) < 4.78 is 0. The Morgan fingerprint density at radius 2 is 1.54 bits per heavy atom. The molecule has 2 amide bonds.